The second-order valence-electron chi connectivity index (χ2n) is 2.84. The SMILES string of the molecule is CC1=CI=C(C(C)C)C=C1. The van der Waals surface area contributed by atoms with Gasteiger partial charge in [-0.1, -0.05) is 46.7 Å². The summed E-state index contributed by atoms with van der Waals surface area (Å²) in [5.74, 6) is 0.758. The van der Waals surface area contributed by atoms with E-state index in [2.05, 4.69) is 37.0 Å². The second-order valence-corrected chi connectivity index (χ2v) is 5.33. The zero-order chi connectivity index (χ0) is 7.56. The van der Waals surface area contributed by atoms with Gasteiger partial charge in [0.2, 0.25) is 0 Å². The standard InChI is InChI=1S/C9H13I/c1-7(2)9-5-4-8(3)6-10-9/h4-7H,1-3H3. The van der Waals surface area contributed by atoms with Crippen molar-refractivity contribution in [1.29, 1.82) is 0 Å². The number of hydrogen-bond donors (Lipinski definition) is 0. The second kappa shape index (κ2) is 3.46. The largest absolute Gasteiger partial charge is 0.0896 e. The number of halogens is 1. The van der Waals surface area contributed by atoms with Gasteiger partial charge in [0.15, 0.2) is 0 Å². The van der Waals surface area contributed by atoms with Crippen molar-refractivity contribution in [2.45, 2.75) is 20.8 Å². The molecule has 0 unspecified atom stereocenters. The van der Waals surface area contributed by atoms with Crippen LogP contribution in [0.2, 0.25) is 0 Å². The third-order valence-corrected chi connectivity index (χ3v) is 5.03. The molecule has 1 rings (SSSR count). The number of rotatable bonds is 1. The van der Waals surface area contributed by atoms with Crippen molar-refractivity contribution in [3.05, 3.63) is 21.8 Å². The van der Waals surface area contributed by atoms with Gasteiger partial charge >= 0.3 is 0 Å². The van der Waals surface area contributed by atoms with Gasteiger partial charge in [0, 0.05) is 0 Å². The van der Waals surface area contributed by atoms with E-state index in [1.54, 1.807) is 3.51 Å². The lowest BCUT2D eigenvalue weighted by atomic mass is 10.1. The van der Waals surface area contributed by atoms with Crippen LogP contribution in [0.5, 0.6) is 0 Å². The van der Waals surface area contributed by atoms with Crippen LogP contribution in [0.15, 0.2) is 21.8 Å². The monoisotopic (exact) mass is 248 g/mol. The van der Waals surface area contributed by atoms with E-state index in [9.17, 15) is 0 Å². The van der Waals surface area contributed by atoms with E-state index in [0.717, 1.165) is 5.92 Å². The van der Waals surface area contributed by atoms with Crippen LogP contribution in [-0.2, 0) is 0 Å². The van der Waals surface area contributed by atoms with Crippen LogP contribution in [0.25, 0.3) is 0 Å². The molecule has 0 N–H and O–H groups in total. The summed E-state index contributed by atoms with van der Waals surface area (Å²) in [6.07, 6.45) is 4.52. The van der Waals surface area contributed by atoms with Crippen molar-refractivity contribution in [3.8, 4) is 0 Å². The first-order chi connectivity index (χ1) is 4.70. The third-order valence-electron chi connectivity index (χ3n) is 1.41. The molecule has 1 aliphatic heterocycles. The van der Waals surface area contributed by atoms with E-state index >= 15 is 0 Å². The molecule has 0 atom stereocenters. The van der Waals surface area contributed by atoms with Crippen LogP contribution < -0.4 is 0 Å². The van der Waals surface area contributed by atoms with Gasteiger partial charge < -0.3 is 0 Å². The molecule has 0 amide bonds. The maximum atomic E-state index is 2.40. The summed E-state index contributed by atoms with van der Waals surface area (Å²) in [5, 5.41) is 0. The highest BCUT2D eigenvalue weighted by Crippen LogP contribution is 2.19. The highest BCUT2D eigenvalue weighted by Gasteiger charge is 2.00. The van der Waals surface area contributed by atoms with Crippen LogP contribution in [0, 0.1) is 5.92 Å². The van der Waals surface area contributed by atoms with Crippen molar-refractivity contribution in [2.75, 3.05) is 0 Å². The average Bonchev–Trinajstić information content (AvgIpc) is 1.88. The Balaban J connectivity index is 2.78. The molecule has 0 saturated heterocycles. The zero-order valence-electron chi connectivity index (χ0n) is 6.69. The Morgan fingerprint density at radius 2 is 2.00 bits per heavy atom. The number of hydrogen-bond acceptors (Lipinski definition) is 0. The fraction of sp³-hybridized carbons (Fsp3) is 0.444. The van der Waals surface area contributed by atoms with E-state index < -0.39 is 0 Å². The summed E-state index contributed by atoms with van der Waals surface area (Å²) < 4.78 is 4.05. The maximum absolute atomic E-state index is 2.40. The molecule has 0 aliphatic carbocycles. The molecule has 0 spiro atoms. The van der Waals surface area contributed by atoms with Crippen LogP contribution in [-0.4, -0.2) is 3.51 Å². The fourth-order valence-corrected chi connectivity index (χ4v) is 2.92. The summed E-state index contributed by atoms with van der Waals surface area (Å²) in [6, 6.07) is 0. The molecule has 0 nitrogen and oxygen atoms in total. The first kappa shape index (κ1) is 8.18. The predicted octanol–water partition coefficient (Wildman–Crippen LogP) is 3.26. The molecule has 0 aromatic carbocycles. The van der Waals surface area contributed by atoms with E-state index in [1.165, 1.54) is 5.57 Å². The van der Waals surface area contributed by atoms with E-state index in [-0.39, 0.29) is 20.7 Å². The van der Waals surface area contributed by atoms with Gasteiger partial charge in [0.25, 0.3) is 0 Å². The highest BCUT2D eigenvalue weighted by atomic mass is 127. The summed E-state index contributed by atoms with van der Waals surface area (Å²) in [4.78, 5) is 0. The first-order valence-corrected chi connectivity index (χ1v) is 5.87. The molecule has 0 radical (unpaired) electrons. The molecule has 1 aliphatic rings. The topological polar surface area (TPSA) is 0 Å². The van der Waals surface area contributed by atoms with Gasteiger partial charge in [0.1, 0.15) is 0 Å². The molecule has 0 bridgehead atoms. The van der Waals surface area contributed by atoms with E-state index in [0.29, 0.717) is 0 Å². The lowest BCUT2D eigenvalue weighted by Crippen LogP contribution is -2.01. The van der Waals surface area contributed by atoms with Crippen molar-refractivity contribution < 1.29 is 0 Å². The molecule has 0 aromatic rings. The molecule has 0 fully saturated rings. The van der Waals surface area contributed by atoms with Crippen molar-refractivity contribution >= 4 is 24.2 Å². The van der Waals surface area contributed by atoms with Crippen molar-refractivity contribution in [1.82, 2.24) is 0 Å². The normalized spacial score (nSPS) is 18.0. The smallest absolute Gasteiger partial charge is 0.0121 e. The molecular formula is C9H13I. The molecule has 56 valence electrons. The van der Waals surface area contributed by atoms with Gasteiger partial charge in [-0.3, -0.25) is 0 Å². The Morgan fingerprint density at radius 3 is 2.40 bits per heavy atom. The van der Waals surface area contributed by atoms with Crippen LogP contribution in [0.4, 0.5) is 0 Å². The van der Waals surface area contributed by atoms with Crippen LogP contribution in [0.3, 0.4) is 0 Å². The molecule has 1 heteroatoms. The quantitative estimate of drug-likeness (QED) is 0.625. The van der Waals surface area contributed by atoms with Crippen LogP contribution >= 0.6 is 20.7 Å². The Hall–Kier alpha value is 0.0800. The zero-order valence-corrected chi connectivity index (χ0v) is 8.84. The lowest BCUT2D eigenvalue weighted by Gasteiger charge is -2.07. The van der Waals surface area contributed by atoms with Crippen molar-refractivity contribution in [2.24, 2.45) is 5.92 Å². The third kappa shape index (κ3) is 2.04. The predicted molar refractivity (Wildman–Crippen MR) is 56.8 cm³/mol. The molecule has 0 aromatic heterocycles. The highest BCUT2D eigenvalue weighted by molar-refractivity contribution is 14.2. The Labute approximate surface area is 72.8 Å². The molecule has 1 heterocycles. The van der Waals surface area contributed by atoms with Crippen LogP contribution in [0.1, 0.15) is 20.8 Å². The minimum Gasteiger partial charge on any atom is -0.0896 e. The van der Waals surface area contributed by atoms with Gasteiger partial charge in [-0.2, -0.15) is 0 Å². The van der Waals surface area contributed by atoms with Gasteiger partial charge in [-0.15, -0.1) is 0 Å². The minimum absolute atomic E-state index is 0.236. The Kier molecular flexibility index (Phi) is 2.83. The van der Waals surface area contributed by atoms with E-state index in [4.69, 9.17) is 0 Å². The Bertz CT molecular complexity index is 207. The fourth-order valence-electron chi connectivity index (χ4n) is 0.751. The summed E-state index contributed by atoms with van der Waals surface area (Å²) in [7, 11) is 0. The van der Waals surface area contributed by atoms with Gasteiger partial charge in [-0.05, 0) is 26.0 Å². The Morgan fingerprint density at radius 1 is 1.30 bits per heavy atom. The summed E-state index contributed by atoms with van der Waals surface area (Å²) in [5.41, 5.74) is 1.44. The minimum atomic E-state index is 0.236. The first-order valence-electron chi connectivity index (χ1n) is 3.55. The van der Waals surface area contributed by atoms with Gasteiger partial charge in [-0.25, -0.2) is 0 Å². The maximum Gasteiger partial charge on any atom is -0.0121 e. The number of allylic oxidation sites excluding steroid dienone is 3. The molecule has 0 saturated carbocycles. The van der Waals surface area contributed by atoms with Crippen molar-refractivity contribution in [3.63, 3.8) is 0 Å². The average molecular weight is 248 g/mol. The van der Waals surface area contributed by atoms with Gasteiger partial charge in [0.05, 0.1) is 0 Å². The van der Waals surface area contributed by atoms with E-state index in [1.807, 2.05) is 0 Å². The molecule has 10 heavy (non-hydrogen) atoms. The lowest BCUT2D eigenvalue weighted by molar-refractivity contribution is 0.907. The molecular weight excluding hydrogens is 235 g/mol. The summed E-state index contributed by atoms with van der Waals surface area (Å²) >= 11 is 0.236. The summed E-state index contributed by atoms with van der Waals surface area (Å²) in [6.45, 7) is 6.72.